The van der Waals surface area contributed by atoms with Crippen LogP contribution in [0.4, 0.5) is 0 Å². The number of carbonyl (C=O) groups is 1. The quantitative estimate of drug-likeness (QED) is 0.699. The summed E-state index contributed by atoms with van der Waals surface area (Å²) in [5, 5.41) is 14.0. The van der Waals surface area contributed by atoms with Gasteiger partial charge in [-0.15, -0.1) is 0 Å². The molecule has 0 fully saturated rings. The first-order valence-corrected chi connectivity index (χ1v) is 5.74. The molecule has 0 bridgehead atoms. The summed E-state index contributed by atoms with van der Waals surface area (Å²) >= 11 is 0. The molecule has 0 aromatic heterocycles. The van der Waals surface area contributed by atoms with E-state index in [-0.39, 0.29) is 12.5 Å². The van der Waals surface area contributed by atoms with Gasteiger partial charge in [-0.05, 0) is 6.07 Å². The van der Waals surface area contributed by atoms with Crippen molar-refractivity contribution in [3.05, 3.63) is 29.8 Å². The predicted octanol–water partition coefficient (Wildman–Crippen LogP) is 0.815. The van der Waals surface area contributed by atoms with E-state index in [1.165, 1.54) is 0 Å². The van der Waals surface area contributed by atoms with Gasteiger partial charge in [0.2, 0.25) is 5.91 Å². The first kappa shape index (κ1) is 14.0. The van der Waals surface area contributed by atoms with E-state index in [4.69, 9.17) is 10.00 Å². The molecule has 0 aliphatic heterocycles. The van der Waals surface area contributed by atoms with E-state index in [0.29, 0.717) is 19.5 Å². The Morgan fingerprint density at radius 2 is 2.22 bits per heavy atom. The molecule has 1 rings (SSSR count). The molecule has 0 radical (unpaired) electrons. The fourth-order valence-corrected chi connectivity index (χ4v) is 1.48. The van der Waals surface area contributed by atoms with Gasteiger partial charge in [0, 0.05) is 18.7 Å². The van der Waals surface area contributed by atoms with Crippen LogP contribution >= 0.6 is 0 Å². The van der Waals surface area contributed by atoms with Crippen LogP contribution < -0.4 is 15.4 Å². The van der Waals surface area contributed by atoms with Crippen LogP contribution in [0.1, 0.15) is 12.0 Å². The van der Waals surface area contributed by atoms with E-state index in [1.54, 1.807) is 7.11 Å². The summed E-state index contributed by atoms with van der Waals surface area (Å²) in [6, 6.07) is 9.61. The zero-order valence-corrected chi connectivity index (χ0v) is 10.4. The number of nitrogens with one attached hydrogen (secondary N) is 2. The largest absolute Gasteiger partial charge is 0.496 e. The molecule has 0 atom stereocenters. The van der Waals surface area contributed by atoms with Gasteiger partial charge < -0.3 is 15.4 Å². The molecule has 0 spiro atoms. The van der Waals surface area contributed by atoms with Crippen LogP contribution in [0.2, 0.25) is 0 Å². The molecule has 1 aromatic rings. The third-order valence-electron chi connectivity index (χ3n) is 2.35. The minimum absolute atomic E-state index is 0.111. The Kier molecular flexibility index (Phi) is 6.30. The van der Waals surface area contributed by atoms with Crippen molar-refractivity contribution in [3.63, 3.8) is 0 Å². The lowest BCUT2D eigenvalue weighted by Crippen LogP contribution is -2.34. The van der Waals surface area contributed by atoms with Crippen LogP contribution in [-0.2, 0) is 11.3 Å². The van der Waals surface area contributed by atoms with Crippen LogP contribution in [0.5, 0.6) is 5.75 Å². The van der Waals surface area contributed by atoms with Crippen molar-refractivity contribution in [2.75, 3.05) is 20.2 Å². The second-order valence-electron chi connectivity index (χ2n) is 3.67. The molecule has 0 heterocycles. The Morgan fingerprint density at radius 3 is 2.94 bits per heavy atom. The van der Waals surface area contributed by atoms with Crippen LogP contribution in [0.3, 0.4) is 0 Å². The number of nitriles is 1. The lowest BCUT2D eigenvalue weighted by Gasteiger charge is -2.09. The molecule has 1 amide bonds. The fraction of sp³-hybridized carbons (Fsp3) is 0.385. The smallest absolute Gasteiger partial charge is 0.234 e. The maximum absolute atomic E-state index is 11.3. The Bertz CT molecular complexity index is 426. The summed E-state index contributed by atoms with van der Waals surface area (Å²) in [7, 11) is 1.62. The van der Waals surface area contributed by atoms with Crippen molar-refractivity contribution in [2.24, 2.45) is 0 Å². The van der Waals surface area contributed by atoms with E-state index in [9.17, 15) is 4.79 Å². The molecule has 5 heteroatoms. The second-order valence-corrected chi connectivity index (χ2v) is 3.67. The van der Waals surface area contributed by atoms with Gasteiger partial charge in [0.1, 0.15) is 5.75 Å². The number of amides is 1. The van der Waals surface area contributed by atoms with Crippen molar-refractivity contribution in [1.82, 2.24) is 10.6 Å². The highest BCUT2D eigenvalue weighted by Crippen LogP contribution is 2.16. The lowest BCUT2D eigenvalue weighted by atomic mass is 10.2. The highest BCUT2D eigenvalue weighted by atomic mass is 16.5. The number of methoxy groups -OCH3 is 1. The summed E-state index contributed by atoms with van der Waals surface area (Å²) < 4.78 is 5.21. The van der Waals surface area contributed by atoms with E-state index in [0.717, 1.165) is 11.3 Å². The number of para-hydroxylation sites is 1. The standard InChI is InChI=1S/C13H17N3O2/c1-18-12-6-3-2-5-11(12)9-15-10-13(17)16-8-4-7-14/h2-3,5-6,15H,4,8-10H2,1H3,(H,16,17). The molecule has 0 aliphatic carbocycles. The Hall–Kier alpha value is -2.06. The predicted molar refractivity (Wildman–Crippen MR) is 67.9 cm³/mol. The number of nitrogens with zero attached hydrogens (tertiary/aromatic N) is 1. The van der Waals surface area contributed by atoms with E-state index in [2.05, 4.69) is 10.6 Å². The minimum atomic E-state index is -0.111. The van der Waals surface area contributed by atoms with Gasteiger partial charge in [-0.1, -0.05) is 18.2 Å². The van der Waals surface area contributed by atoms with Gasteiger partial charge in [-0.3, -0.25) is 4.79 Å². The maximum Gasteiger partial charge on any atom is 0.234 e. The van der Waals surface area contributed by atoms with E-state index < -0.39 is 0 Å². The molecule has 0 saturated heterocycles. The monoisotopic (exact) mass is 247 g/mol. The van der Waals surface area contributed by atoms with Gasteiger partial charge >= 0.3 is 0 Å². The van der Waals surface area contributed by atoms with Crippen molar-refractivity contribution in [2.45, 2.75) is 13.0 Å². The van der Waals surface area contributed by atoms with E-state index >= 15 is 0 Å². The summed E-state index contributed by atoms with van der Waals surface area (Å²) in [6.45, 7) is 1.19. The highest BCUT2D eigenvalue weighted by Gasteiger charge is 2.03. The molecule has 2 N–H and O–H groups in total. The molecular weight excluding hydrogens is 230 g/mol. The zero-order chi connectivity index (χ0) is 13.2. The van der Waals surface area contributed by atoms with Crippen molar-refractivity contribution >= 4 is 5.91 Å². The molecular formula is C13H17N3O2. The average Bonchev–Trinajstić information content (AvgIpc) is 2.39. The Morgan fingerprint density at radius 1 is 1.44 bits per heavy atom. The van der Waals surface area contributed by atoms with Gasteiger partial charge in [-0.2, -0.15) is 5.26 Å². The lowest BCUT2D eigenvalue weighted by molar-refractivity contribution is -0.120. The Balaban J connectivity index is 2.29. The van der Waals surface area contributed by atoms with Crippen molar-refractivity contribution in [3.8, 4) is 11.8 Å². The first-order chi connectivity index (χ1) is 8.77. The number of hydrogen-bond donors (Lipinski definition) is 2. The third-order valence-corrected chi connectivity index (χ3v) is 2.35. The van der Waals surface area contributed by atoms with Gasteiger partial charge in [0.25, 0.3) is 0 Å². The van der Waals surface area contributed by atoms with Crippen LogP contribution in [0.15, 0.2) is 24.3 Å². The summed E-state index contributed by atoms with van der Waals surface area (Å²) in [6.07, 6.45) is 0.332. The minimum Gasteiger partial charge on any atom is -0.496 e. The molecule has 0 unspecified atom stereocenters. The number of rotatable bonds is 7. The van der Waals surface area contributed by atoms with Crippen LogP contribution in [-0.4, -0.2) is 26.1 Å². The molecule has 0 aliphatic rings. The van der Waals surface area contributed by atoms with Crippen LogP contribution in [0.25, 0.3) is 0 Å². The van der Waals surface area contributed by atoms with Gasteiger partial charge in [-0.25, -0.2) is 0 Å². The third kappa shape index (κ3) is 4.85. The molecule has 96 valence electrons. The summed E-state index contributed by atoms with van der Waals surface area (Å²) in [4.78, 5) is 11.3. The maximum atomic E-state index is 11.3. The molecule has 0 saturated carbocycles. The number of benzene rings is 1. The van der Waals surface area contributed by atoms with Crippen LogP contribution in [0, 0.1) is 11.3 Å². The molecule has 1 aromatic carbocycles. The summed E-state index contributed by atoms with van der Waals surface area (Å²) in [5.41, 5.74) is 1.00. The highest BCUT2D eigenvalue weighted by molar-refractivity contribution is 5.77. The Labute approximate surface area is 107 Å². The SMILES string of the molecule is COc1ccccc1CNCC(=O)NCCC#N. The summed E-state index contributed by atoms with van der Waals surface area (Å²) in [5.74, 6) is 0.690. The van der Waals surface area contributed by atoms with Gasteiger partial charge in [0.05, 0.1) is 26.1 Å². The van der Waals surface area contributed by atoms with Crippen molar-refractivity contribution in [1.29, 1.82) is 5.26 Å². The molecule has 18 heavy (non-hydrogen) atoms. The zero-order valence-electron chi connectivity index (χ0n) is 10.4. The van der Waals surface area contributed by atoms with Gasteiger partial charge in [0.15, 0.2) is 0 Å². The fourth-order valence-electron chi connectivity index (χ4n) is 1.48. The topological polar surface area (TPSA) is 74.2 Å². The number of carbonyl (C=O) groups excluding carboxylic acids is 1. The van der Waals surface area contributed by atoms with E-state index in [1.807, 2.05) is 30.3 Å². The second kappa shape index (κ2) is 8.09. The molecule has 5 nitrogen and oxygen atoms in total. The number of hydrogen-bond acceptors (Lipinski definition) is 4. The number of ether oxygens (including phenoxy) is 1. The van der Waals surface area contributed by atoms with Crippen molar-refractivity contribution < 1.29 is 9.53 Å². The first-order valence-electron chi connectivity index (χ1n) is 5.74. The normalized spacial score (nSPS) is 9.56. The average molecular weight is 247 g/mol.